The number of rotatable bonds is 13. The van der Waals surface area contributed by atoms with E-state index in [-0.39, 0.29) is 37.8 Å². The van der Waals surface area contributed by atoms with Crippen LogP contribution in [0, 0.1) is 12.8 Å². The van der Waals surface area contributed by atoms with Crippen LogP contribution in [0.4, 0.5) is 0 Å². The summed E-state index contributed by atoms with van der Waals surface area (Å²) in [6, 6.07) is 12.3. The molecule has 1 aliphatic carbocycles. The normalized spacial score (nSPS) is 17.0. The molecular weight excluding hydrogens is 555 g/mol. The van der Waals surface area contributed by atoms with Crippen molar-refractivity contribution in [3.63, 3.8) is 0 Å². The number of hydrogen-bond donors (Lipinski definition) is 1. The topological polar surface area (TPSA) is 98.8 Å². The summed E-state index contributed by atoms with van der Waals surface area (Å²) >= 11 is 1.52. The van der Waals surface area contributed by atoms with E-state index in [0.717, 1.165) is 61.9 Å². The van der Waals surface area contributed by atoms with E-state index in [9.17, 15) is 19.5 Å². The number of carbonyl (C=O) groups is 3. The minimum atomic E-state index is -1.29. The molecule has 9 heteroatoms. The molecule has 0 radical (unpaired) electrons. The first-order chi connectivity index (χ1) is 20.4. The molecule has 2 aliphatic rings. The Morgan fingerprint density at radius 2 is 1.70 bits per heavy atom. The van der Waals surface area contributed by atoms with Gasteiger partial charge >= 0.3 is 18.9 Å². The van der Waals surface area contributed by atoms with E-state index in [1.807, 2.05) is 54.5 Å². The van der Waals surface area contributed by atoms with Crippen LogP contribution in [0.15, 0.2) is 42.5 Å². The number of aliphatic carboxylic acids is 1. The number of nitrogens with one attached hydrogen (secondary N) is 1. The Balaban J connectivity index is 0.00000506. The van der Waals surface area contributed by atoms with Crippen LogP contribution in [0.1, 0.15) is 85.7 Å². The molecule has 1 heterocycles. The zero-order valence-corrected chi connectivity index (χ0v) is 26.9. The first kappa shape index (κ1) is 35.2. The second-order valence-electron chi connectivity index (χ2n) is 11.7. The predicted molar refractivity (Wildman–Crippen MR) is 166 cm³/mol. The van der Waals surface area contributed by atoms with Crippen molar-refractivity contribution in [3.8, 4) is 11.1 Å². The SMILES string of the molecule is CSCC[C@H](NC(=O)c1ccc(CO[C@@H](CC2CCCCC2)C(=O)N2CCCCC2)cc1-c1ccccc1C)C(=O)[O-].[Li+]. The van der Waals surface area contributed by atoms with E-state index < -0.39 is 24.0 Å². The number of thioether (sulfide) groups is 1. The summed E-state index contributed by atoms with van der Waals surface area (Å²) in [6.07, 6.45) is 11.7. The number of carboxylic acids is 1. The van der Waals surface area contributed by atoms with E-state index in [0.29, 0.717) is 22.8 Å². The fraction of sp³-hybridized carbons (Fsp3) is 0.559. The maximum absolute atomic E-state index is 13.6. The van der Waals surface area contributed by atoms with Crippen molar-refractivity contribution in [2.45, 2.75) is 89.9 Å². The maximum atomic E-state index is 13.6. The summed E-state index contributed by atoms with van der Waals surface area (Å²) < 4.78 is 6.43. The number of carboxylic acid groups (broad SMARTS) is 1. The molecule has 1 aliphatic heterocycles. The van der Waals surface area contributed by atoms with E-state index in [2.05, 4.69) is 5.32 Å². The Kier molecular flexibility index (Phi) is 14.7. The van der Waals surface area contributed by atoms with Gasteiger partial charge in [-0.25, -0.2) is 0 Å². The standard InChI is InChI=1S/C34H46N2O5S.Li/c1-24-11-7-8-14-27(24)29-21-26(15-16-28(29)32(37)35-30(34(39)40)17-20-42-2)23-41-31(22-25-12-5-3-6-13-25)33(38)36-18-9-4-10-19-36;/h7-8,11,14-16,21,25,30-31H,3-6,9-10,12-13,17-20,22-23H2,1-2H3,(H,35,37)(H,39,40);/q;+1/p-1/t30-,31-;/m0./s1. The number of aryl methyl sites for hydroxylation is 1. The number of piperidine rings is 1. The van der Waals surface area contributed by atoms with Gasteiger partial charge < -0.3 is 24.9 Å². The molecule has 0 aromatic heterocycles. The Morgan fingerprint density at radius 3 is 2.37 bits per heavy atom. The monoisotopic (exact) mass is 600 g/mol. The van der Waals surface area contributed by atoms with E-state index in [4.69, 9.17) is 4.74 Å². The number of likely N-dealkylation sites (tertiary alicyclic amines) is 1. The minimum absolute atomic E-state index is 0. The molecule has 228 valence electrons. The second-order valence-corrected chi connectivity index (χ2v) is 12.7. The Hall–Kier alpha value is -2.24. The zero-order chi connectivity index (χ0) is 29.9. The number of hydrogen-bond acceptors (Lipinski definition) is 6. The molecule has 0 unspecified atom stereocenters. The van der Waals surface area contributed by atoms with Gasteiger partial charge in [0.1, 0.15) is 6.10 Å². The first-order valence-corrected chi connectivity index (χ1v) is 16.9. The van der Waals surface area contributed by atoms with Gasteiger partial charge in [0, 0.05) is 18.7 Å². The molecule has 7 nitrogen and oxygen atoms in total. The molecule has 1 saturated carbocycles. The van der Waals surface area contributed by atoms with Crippen LogP contribution in [0.2, 0.25) is 0 Å². The van der Waals surface area contributed by atoms with Gasteiger partial charge in [0.25, 0.3) is 11.8 Å². The van der Waals surface area contributed by atoms with Gasteiger partial charge in [-0.2, -0.15) is 11.8 Å². The van der Waals surface area contributed by atoms with Crippen molar-refractivity contribution in [3.05, 3.63) is 59.2 Å². The van der Waals surface area contributed by atoms with Crippen molar-refractivity contribution in [2.75, 3.05) is 25.1 Å². The number of ether oxygens (including phenoxy) is 1. The average Bonchev–Trinajstić information content (AvgIpc) is 3.01. The van der Waals surface area contributed by atoms with Crippen LogP contribution in [0.25, 0.3) is 11.1 Å². The van der Waals surface area contributed by atoms with Crippen LogP contribution in [-0.2, 0) is 20.9 Å². The van der Waals surface area contributed by atoms with Crippen molar-refractivity contribution in [1.29, 1.82) is 0 Å². The van der Waals surface area contributed by atoms with Crippen LogP contribution in [0.3, 0.4) is 0 Å². The molecule has 1 N–H and O–H groups in total. The number of nitrogens with zero attached hydrogens (tertiary/aromatic N) is 1. The second kappa shape index (κ2) is 17.9. The molecule has 2 aromatic rings. The third-order valence-corrected chi connectivity index (χ3v) is 9.27. The number of carbonyl (C=O) groups excluding carboxylic acids is 3. The number of benzene rings is 2. The molecule has 2 aromatic carbocycles. The Bertz CT molecular complexity index is 1210. The van der Waals surface area contributed by atoms with Crippen LogP contribution in [0.5, 0.6) is 0 Å². The van der Waals surface area contributed by atoms with Crippen molar-refractivity contribution >= 4 is 29.5 Å². The van der Waals surface area contributed by atoms with Gasteiger partial charge in [0.05, 0.1) is 18.6 Å². The molecule has 43 heavy (non-hydrogen) atoms. The van der Waals surface area contributed by atoms with Crippen LogP contribution in [-0.4, -0.2) is 59.9 Å². The molecule has 2 atom stereocenters. The summed E-state index contributed by atoms with van der Waals surface area (Å²) in [7, 11) is 0. The molecule has 2 amide bonds. The van der Waals surface area contributed by atoms with Gasteiger partial charge in [0.2, 0.25) is 0 Å². The van der Waals surface area contributed by atoms with Crippen LogP contribution < -0.4 is 29.3 Å². The van der Waals surface area contributed by atoms with Gasteiger partial charge in [-0.05, 0) is 91.3 Å². The van der Waals surface area contributed by atoms with E-state index in [1.165, 1.54) is 37.4 Å². The quantitative estimate of drug-likeness (QED) is 0.354. The number of amides is 2. The summed E-state index contributed by atoms with van der Waals surface area (Å²) in [4.78, 5) is 40.7. The van der Waals surface area contributed by atoms with Crippen molar-refractivity contribution in [2.24, 2.45) is 5.92 Å². The predicted octanol–water partition coefficient (Wildman–Crippen LogP) is 2.14. The summed E-state index contributed by atoms with van der Waals surface area (Å²) in [5, 5.41) is 14.4. The van der Waals surface area contributed by atoms with Crippen molar-refractivity contribution < 1.29 is 43.1 Å². The third-order valence-electron chi connectivity index (χ3n) is 8.63. The van der Waals surface area contributed by atoms with E-state index in [1.54, 1.807) is 6.07 Å². The fourth-order valence-corrected chi connectivity index (χ4v) is 6.65. The van der Waals surface area contributed by atoms with Gasteiger partial charge in [-0.3, -0.25) is 9.59 Å². The Labute approximate surface area is 273 Å². The average molecular weight is 601 g/mol. The minimum Gasteiger partial charge on any atom is -0.548 e. The Morgan fingerprint density at radius 1 is 1.00 bits per heavy atom. The van der Waals surface area contributed by atoms with Crippen molar-refractivity contribution in [1.82, 2.24) is 10.2 Å². The van der Waals surface area contributed by atoms with Crippen LogP contribution >= 0.6 is 11.8 Å². The largest absolute Gasteiger partial charge is 1.00 e. The summed E-state index contributed by atoms with van der Waals surface area (Å²) in [6.45, 7) is 3.84. The zero-order valence-electron chi connectivity index (χ0n) is 26.1. The smallest absolute Gasteiger partial charge is 0.548 e. The van der Waals surface area contributed by atoms with E-state index >= 15 is 0 Å². The molecule has 4 rings (SSSR count). The molecular formula is C34H45LiN2O5S. The molecule has 1 saturated heterocycles. The molecule has 0 bridgehead atoms. The third kappa shape index (κ3) is 10.1. The summed E-state index contributed by atoms with van der Waals surface area (Å²) in [5.41, 5.74) is 3.86. The molecule has 2 fully saturated rings. The van der Waals surface area contributed by atoms with Gasteiger partial charge in [0.15, 0.2) is 0 Å². The first-order valence-electron chi connectivity index (χ1n) is 15.5. The maximum Gasteiger partial charge on any atom is 1.00 e. The fourth-order valence-electron chi connectivity index (χ4n) is 6.18. The summed E-state index contributed by atoms with van der Waals surface area (Å²) in [5.74, 6) is -0.533. The van der Waals surface area contributed by atoms with Gasteiger partial charge in [-0.1, -0.05) is 62.4 Å². The van der Waals surface area contributed by atoms with Gasteiger partial charge in [-0.15, -0.1) is 0 Å². The molecule has 0 spiro atoms.